The predicted molar refractivity (Wildman–Crippen MR) is 156 cm³/mol. The van der Waals surface area contributed by atoms with E-state index in [4.69, 9.17) is 0 Å². The first-order valence-corrected chi connectivity index (χ1v) is 15.1. The van der Waals surface area contributed by atoms with Gasteiger partial charge in [-0.15, -0.1) is 0 Å². The van der Waals surface area contributed by atoms with E-state index in [9.17, 15) is 23.1 Å². The molecule has 212 valence electrons. The lowest BCUT2D eigenvalue weighted by Crippen LogP contribution is -2.39. The van der Waals surface area contributed by atoms with Crippen molar-refractivity contribution in [1.29, 1.82) is 0 Å². The van der Waals surface area contributed by atoms with Crippen LogP contribution in [0.15, 0.2) is 48.0 Å². The molecule has 1 fully saturated rings. The summed E-state index contributed by atoms with van der Waals surface area (Å²) in [6.07, 6.45) is 7.56. The number of rotatable bonds is 7. The summed E-state index contributed by atoms with van der Waals surface area (Å²) in [4.78, 5) is 28.1. The summed E-state index contributed by atoms with van der Waals surface area (Å²) in [7, 11) is 0.430. The number of aliphatic hydroxyl groups is 1. The number of nitrogens with zero attached hydrogens (tertiary/aromatic N) is 3. The predicted octanol–water partition coefficient (Wildman–Crippen LogP) is 3.74. The van der Waals surface area contributed by atoms with Crippen molar-refractivity contribution < 1.29 is 23.1 Å². The highest BCUT2D eigenvalue weighted by Crippen LogP contribution is 2.46. The van der Waals surface area contributed by atoms with E-state index in [1.165, 1.54) is 31.0 Å². The molecule has 3 aromatic rings. The lowest BCUT2D eigenvalue weighted by molar-refractivity contribution is -0.126. The third-order valence-electron chi connectivity index (χ3n) is 8.01. The van der Waals surface area contributed by atoms with Crippen molar-refractivity contribution in [3.05, 3.63) is 64.7 Å². The summed E-state index contributed by atoms with van der Waals surface area (Å²) < 4.78 is 29.9. The second kappa shape index (κ2) is 11.2. The molecule has 0 atom stereocenters. The summed E-state index contributed by atoms with van der Waals surface area (Å²) in [6, 6.07) is 13.4. The number of fused-ring (bicyclic) bond motifs is 5. The number of aliphatic hydroxyl groups excluding tert-OH is 1. The third-order valence-corrected chi connectivity index (χ3v) is 9.42. The van der Waals surface area contributed by atoms with Gasteiger partial charge in [0.25, 0.3) is 11.8 Å². The quantitative estimate of drug-likeness (QED) is 0.454. The van der Waals surface area contributed by atoms with Crippen molar-refractivity contribution >= 4 is 39.0 Å². The van der Waals surface area contributed by atoms with Crippen molar-refractivity contribution in [3.8, 4) is 11.3 Å². The molecule has 1 aromatic heterocycles. The molecule has 2 heterocycles. The van der Waals surface area contributed by atoms with Crippen LogP contribution in [0.4, 0.5) is 0 Å². The summed E-state index contributed by atoms with van der Waals surface area (Å²) >= 11 is 0. The molecule has 1 aliphatic heterocycles. The van der Waals surface area contributed by atoms with E-state index in [1.807, 2.05) is 30.3 Å². The molecular weight excluding hydrogens is 528 g/mol. The van der Waals surface area contributed by atoms with E-state index in [2.05, 4.69) is 15.4 Å². The average Bonchev–Trinajstić information content (AvgIpc) is 3.15. The molecule has 5 rings (SSSR count). The van der Waals surface area contributed by atoms with E-state index in [0.29, 0.717) is 11.5 Å². The molecule has 0 unspecified atom stereocenters. The first-order valence-electron chi connectivity index (χ1n) is 13.7. The molecular formula is C30H36N4O5S. The van der Waals surface area contributed by atoms with Crippen LogP contribution in [0.1, 0.15) is 59.5 Å². The Bertz CT molecular complexity index is 1600. The Labute approximate surface area is 235 Å². The fraction of sp³-hybridized carbons (Fsp3) is 0.400. The van der Waals surface area contributed by atoms with Crippen molar-refractivity contribution in [2.45, 2.75) is 44.6 Å². The number of hydrogen-bond donors (Lipinski definition) is 2. The molecule has 2 aliphatic rings. The number of nitrogens with one attached hydrogen (secondary N) is 1. The lowest BCUT2D eigenvalue weighted by atomic mass is 9.81. The fourth-order valence-corrected chi connectivity index (χ4v) is 6.45. The number of likely N-dealkylation sites (N-methyl/N-ethyl adjacent to an activating group) is 1. The van der Waals surface area contributed by atoms with Gasteiger partial charge in [0.1, 0.15) is 0 Å². The smallest absolute Gasteiger partial charge is 0.303 e. The van der Waals surface area contributed by atoms with E-state index in [0.717, 1.165) is 57.7 Å². The SMILES string of the molecule is CN(CCO)C(=O)C1=Cc2ccccc2-c2c(C3CCCCC3)c3ccc(C(=O)NS(=O)(=O)N(C)C)cc3n2C1. The van der Waals surface area contributed by atoms with Gasteiger partial charge in [-0.05, 0) is 48.1 Å². The highest BCUT2D eigenvalue weighted by atomic mass is 32.2. The van der Waals surface area contributed by atoms with Gasteiger partial charge in [0.05, 0.1) is 18.8 Å². The first-order chi connectivity index (χ1) is 19.1. The molecule has 1 saturated carbocycles. The van der Waals surface area contributed by atoms with Crippen LogP contribution in [-0.2, 0) is 21.5 Å². The van der Waals surface area contributed by atoms with Gasteiger partial charge in [0.2, 0.25) is 0 Å². The van der Waals surface area contributed by atoms with Crippen LogP contribution >= 0.6 is 0 Å². The van der Waals surface area contributed by atoms with Crippen molar-refractivity contribution in [2.75, 3.05) is 34.3 Å². The Morgan fingerprint density at radius 1 is 1.05 bits per heavy atom. The Morgan fingerprint density at radius 2 is 1.77 bits per heavy atom. The number of amides is 2. The Kier molecular flexibility index (Phi) is 7.85. The van der Waals surface area contributed by atoms with Crippen LogP contribution in [0.25, 0.3) is 28.2 Å². The minimum atomic E-state index is -3.96. The van der Waals surface area contributed by atoms with Gasteiger partial charge in [0.15, 0.2) is 0 Å². The van der Waals surface area contributed by atoms with E-state index in [-0.39, 0.29) is 31.2 Å². The third kappa shape index (κ3) is 5.18. The van der Waals surface area contributed by atoms with Gasteiger partial charge in [-0.25, -0.2) is 4.72 Å². The Morgan fingerprint density at radius 3 is 2.48 bits per heavy atom. The monoisotopic (exact) mass is 564 g/mol. The molecule has 40 heavy (non-hydrogen) atoms. The van der Waals surface area contributed by atoms with Crippen LogP contribution in [-0.4, -0.2) is 73.4 Å². The number of aromatic nitrogens is 1. The number of benzene rings is 2. The average molecular weight is 565 g/mol. The van der Waals surface area contributed by atoms with E-state index >= 15 is 0 Å². The van der Waals surface area contributed by atoms with Crippen LogP contribution < -0.4 is 4.72 Å². The zero-order chi connectivity index (χ0) is 28.6. The second-order valence-corrected chi connectivity index (χ2v) is 12.7. The highest BCUT2D eigenvalue weighted by molar-refractivity contribution is 7.87. The first kappa shape index (κ1) is 28.1. The fourth-order valence-electron chi connectivity index (χ4n) is 5.91. The summed E-state index contributed by atoms with van der Waals surface area (Å²) in [5, 5.41) is 10.5. The minimum absolute atomic E-state index is 0.135. The van der Waals surface area contributed by atoms with Gasteiger partial charge < -0.3 is 14.6 Å². The maximum absolute atomic E-state index is 13.5. The van der Waals surface area contributed by atoms with Gasteiger partial charge in [0, 0.05) is 55.3 Å². The standard InChI is InChI=1S/C30H36N4O5S/c1-32(2)40(38,39)31-29(36)22-13-14-25-26(18-22)34-19-23(30(37)33(3)15-16-35)17-21-11-7-8-12-24(21)28(34)27(25)20-9-5-4-6-10-20/h7-8,11-14,17-18,20,35H,4-6,9-10,15-16,19H2,1-3H3,(H,31,36). The molecule has 0 radical (unpaired) electrons. The molecule has 2 amide bonds. The Hall–Kier alpha value is -3.47. The summed E-state index contributed by atoms with van der Waals surface area (Å²) in [5.41, 5.74) is 5.80. The molecule has 2 N–H and O–H groups in total. The molecule has 0 spiro atoms. The van der Waals surface area contributed by atoms with E-state index in [1.54, 1.807) is 19.2 Å². The van der Waals surface area contributed by atoms with Crippen molar-refractivity contribution in [1.82, 2.24) is 18.5 Å². The number of carbonyl (C=O) groups excluding carboxylic acids is 2. The number of hydrogen-bond acceptors (Lipinski definition) is 5. The zero-order valence-electron chi connectivity index (χ0n) is 23.2. The zero-order valence-corrected chi connectivity index (χ0v) is 24.0. The molecule has 0 saturated heterocycles. The molecule has 1 aliphatic carbocycles. The Balaban J connectivity index is 1.73. The van der Waals surface area contributed by atoms with Gasteiger partial charge in [-0.3, -0.25) is 9.59 Å². The van der Waals surface area contributed by atoms with Crippen LogP contribution in [0.3, 0.4) is 0 Å². The molecule has 10 heteroatoms. The molecule has 2 aromatic carbocycles. The summed E-state index contributed by atoms with van der Waals surface area (Å²) in [6.45, 7) is 0.363. The van der Waals surface area contributed by atoms with Gasteiger partial charge in [-0.1, -0.05) is 49.6 Å². The van der Waals surface area contributed by atoms with Crippen molar-refractivity contribution in [2.24, 2.45) is 0 Å². The van der Waals surface area contributed by atoms with Crippen LogP contribution in [0.2, 0.25) is 0 Å². The maximum atomic E-state index is 13.5. The lowest BCUT2D eigenvalue weighted by Gasteiger charge is -2.24. The molecule has 9 nitrogen and oxygen atoms in total. The highest BCUT2D eigenvalue weighted by Gasteiger charge is 2.31. The topological polar surface area (TPSA) is 112 Å². The van der Waals surface area contributed by atoms with Crippen LogP contribution in [0, 0.1) is 0 Å². The second-order valence-electron chi connectivity index (χ2n) is 10.8. The van der Waals surface area contributed by atoms with Crippen molar-refractivity contribution in [3.63, 3.8) is 0 Å². The van der Waals surface area contributed by atoms with Crippen LogP contribution in [0.5, 0.6) is 0 Å². The molecule has 0 bridgehead atoms. The van der Waals surface area contributed by atoms with Gasteiger partial charge >= 0.3 is 10.2 Å². The maximum Gasteiger partial charge on any atom is 0.303 e. The van der Waals surface area contributed by atoms with Gasteiger partial charge in [-0.2, -0.15) is 12.7 Å². The minimum Gasteiger partial charge on any atom is -0.395 e. The normalized spacial score (nSPS) is 15.8. The van der Waals surface area contributed by atoms with E-state index < -0.39 is 16.1 Å². The summed E-state index contributed by atoms with van der Waals surface area (Å²) in [5.74, 6) is -0.554. The number of carbonyl (C=O) groups is 2. The largest absolute Gasteiger partial charge is 0.395 e.